The SMILES string of the molecule is CN=C(NCc1nc(C)c(C)s1)NCC1(C)CCCS1. The fourth-order valence-corrected chi connectivity index (χ4v) is 4.36. The standard InChI is InChI=1S/C14H24N4S2/c1-10-11(2)20-12(18-10)8-16-13(15-4)17-9-14(3)6-5-7-19-14/h5-9H2,1-4H3,(H2,15,16,17). The average Bonchev–Trinajstić information content (AvgIpc) is 2.98. The summed E-state index contributed by atoms with van der Waals surface area (Å²) in [6, 6.07) is 0. The van der Waals surface area contributed by atoms with Crippen LogP contribution in [-0.4, -0.2) is 35.0 Å². The van der Waals surface area contributed by atoms with Gasteiger partial charge >= 0.3 is 0 Å². The lowest BCUT2D eigenvalue weighted by atomic mass is 10.1. The molecule has 6 heteroatoms. The van der Waals surface area contributed by atoms with Gasteiger partial charge in [0, 0.05) is 23.2 Å². The molecule has 0 radical (unpaired) electrons. The molecule has 4 nitrogen and oxygen atoms in total. The van der Waals surface area contributed by atoms with Gasteiger partial charge < -0.3 is 10.6 Å². The number of nitrogens with one attached hydrogen (secondary N) is 2. The van der Waals surface area contributed by atoms with Crippen LogP contribution in [0.3, 0.4) is 0 Å². The first-order valence-electron chi connectivity index (χ1n) is 7.04. The van der Waals surface area contributed by atoms with Crippen molar-refractivity contribution in [3.05, 3.63) is 15.6 Å². The van der Waals surface area contributed by atoms with Gasteiger partial charge in [-0.15, -0.1) is 11.3 Å². The number of aryl methyl sites for hydroxylation is 2. The van der Waals surface area contributed by atoms with E-state index in [0.29, 0.717) is 4.75 Å². The summed E-state index contributed by atoms with van der Waals surface area (Å²) in [7, 11) is 1.82. The van der Waals surface area contributed by atoms with Crippen molar-refractivity contribution in [1.82, 2.24) is 15.6 Å². The van der Waals surface area contributed by atoms with Crippen LogP contribution in [0.4, 0.5) is 0 Å². The van der Waals surface area contributed by atoms with Crippen LogP contribution >= 0.6 is 23.1 Å². The van der Waals surface area contributed by atoms with Crippen molar-refractivity contribution < 1.29 is 0 Å². The molecule has 2 N–H and O–H groups in total. The molecule has 1 aromatic heterocycles. The lowest BCUT2D eigenvalue weighted by Crippen LogP contribution is -2.43. The summed E-state index contributed by atoms with van der Waals surface area (Å²) in [5.74, 6) is 2.14. The molecule has 1 atom stereocenters. The Balaban J connectivity index is 1.80. The maximum atomic E-state index is 4.54. The Morgan fingerprint density at radius 1 is 1.40 bits per heavy atom. The van der Waals surface area contributed by atoms with Gasteiger partial charge in [0.2, 0.25) is 0 Å². The maximum absolute atomic E-state index is 4.54. The van der Waals surface area contributed by atoms with Crippen LogP contribution in [-0.2, 0) is 6.54 Å². The van der Waals surface area contributed by atoms with Crippen LogP contribution in [0.2, 0.25) is 0 Å². The molecule has 1 aliphatic rings. The Hall–Kier alpha value is -0.750. The van der Waals surface area contributed by atoms with E-state index in [1.165, 1.54) is 23.5 Å². The number of rotatable bonds is 4. The summed E-state index contributed by atoms with van der Waals surface area (Å²) < 4.78 is 0.353. The Bertz CT molecular complexity index is 456. The summed E-state index contributed by atoms with van der Waals surface area (Å²) in [6.45, 7) is 8.21. The Morgan fingerprint density at radius 3 is 2.75 bits per heavy atom. The third kappa shape index (κ3) is 4.12. The predicted molar refractivity (Wildman–Crippen MR) is 89.9 cm³/mol. The first-order valence-corrected chi connectivity index (χ1v) is 8.84. The van der Waals surface area contributed by atoms with Gasteiger partial charge in [-0.25, -0.2) is 4.98 Å². The summed E-state index contributed by atoms with van der Waals surface area (Å²) in [5.41, 5.74) is 1.13. The monoisotopic (exact) mass is 312 g/mol. The van der Waals surface area contributed by atoms with Crippen LogP contribution in [0, 0.1) is 13.8 Å². The molecule has 1 aliphatic heterocycles. The second kappa shape index (κ2) is 6.80. The van der Waals surface area contributed by atoms with E-state index in [1.807, 2.05) is 7.05 Å². The summed E-state index contributed by atoms with van der Waals surface area (Å²) >= 11 is 3.81. The minimum Gasteiger partial charge on any atom is -0.355 e. The molecular formula is C14H24N4S2. The number of guanidine groups is 1. The molecule has 0 aromatic carbocycles. The Kier molecular flexibility index (Phi) is 5.32. The minimum atomic E-state index is 0.353. The third-order valence-corrected chi connectivity index (χ3v) is 6.24. The van der Waals surface area contributed by atoms with Gasteiger partial charge in [0.25, 0.3) is 0 Å². The molecule has 20 heavy (non-hydrogen) atoms. The van der Waals surface area contributed by atoms with E-state index in [2.05, 4.69) is 53.1 Å². The Morgan fingerprint density at radius 2 is 2.20 bits per heavy atom. The van der Waals surface area contributed by atoms with Gasteiger partial charge in [0.1, 0.15) is 5.01 Å². The number of thioether (sulfide) groups is 1. The number of hydrogen-bond donors (Lipinski definition) is 2. The Labute approximate surface area is 129 Å². The van der Waals surface area contributed by atoms with Gasteiger partial charge in [-0.2, -0.15) is 11.8 Å². The van der Waals surface area contributed by atoms with Crippen LogP contribution in [0.1, 0.15) is 35.3 Å². The van der Waals surface area contributed by atoms with Crippen molar-refractivity contribution in [2.24, 2.45) is 4.99 Å². The zero-order valence-electron chi connectivity index (χ0n) is 12.7. The molecule has 1 saturated heterocycles. The van der Waals surface area contributed by atoms with E-state index < -0.39 is 0 Å². The molecule has 0 aliphatic carbocycles. The smallest absolute Gasteiger partial charge is 0.191 e. The van der Waals surface area contributed by atoms with E-state index in [0.717, 1.165) is 29.8 Å². The zero-order valence-corrected chi connectivity index (χ0v) is 14.4. The maximum Gasteiger partial charge on any atom is 0.191 e. The molecule has 0 saturated carbocycles. The van der Waals surface area contributed by atoms with E-state index in [9.17, 15) is 0 Å². The number of aromatic nitrogens is 1. The lowest BCUT2D eigenvalue weighted by molar-refractivity contribution is 0.584. The van der Waals surface area contributed by atoms with E-state index >= 15 is 0 Å². The van der Waals surface area contributed by atoms with Crippen molar-refractivity contribution in [2.75, 3.05) is 19.3 Å². The zero-order chi connectivity index (χ0) is 14.6. The van der Waals surface area contributed by atoms with Gasteiger partial charge in [-0.05, 0) is 39.4 Å². The number of thiazole rings is 1. The first-order chi connectivity index (χ1) is 9.52. The normalized spacial score (nSPS) is 23.1. The molecule has 2 rings (SSSR count). The quantitative estimate of drug-likeness (QED) is 0.663. The third-order valence-electron chi connectivity index (χ3n) is 3.63. The van der Waals surface area contributed by atoms with Crippen LogP contribution < -0.4 is 10.6 Å². The second-order valence-electron chi connectivity index (χ2n) is 5.43. The fraction of sp³-hybridized carbons (Fsp3) is 0.714. The van der Waals surface area contributed by atoms with Crippen LogP contribution in [0.25, 0.3) is 0 Å². The lowest BCUT2D eigenvalue weighted by Gasteiger charge is -2.24. The highest BCUT2D eigenvalue weighted by Gasteiger charge is 2.29. The topological polar surface area (TPSA) is 49.3 Å². The van der Waals surface area contributed by atoms with Gasteiger partial charge in [-0.1, -0.05) is 0 Å². The van der Waals surface area contributed by atoms with E-state index in [-0.39, 0.29) is 0 Å². The average molecular weight is 313 g/mol. The van der Waals surface area contributed by atoms with Crippen molar-refractivity contribution >= 4 is 29.1 Å². The molecule has 1 aromatic rings. The van der Waals surface area contributed by atoms with Crippen LogP contribution in [0.15, 0.2) is 4.99 Å². The highest BCUT2D eigenvalue weighted by Crippen LogP contribution is 2.36. The molecule has 0 amide bonds. The summed E-state index contributed by atoms with van der Waals surface area (Å²) in [6.07, 6.45) is 2.61. The molecule has 112 valence electrons. The molecule has 1 fully saturated rings. The number of nitrogens with zero attached hydrogens (tertiary/aromatic N) is 2. The molecule has 2 heterocycles. The predicted octanol–water partition coefficient (Wildman–Crippen LogP) is 2.71. The van der Waals surface area contributed by atoms with E-state index in [4.69, 9.17) is 0 Å². The highest BCUT2D eigenvalue weighted by atomic mass is 32.2. The first kappa shape index (κ1) is 15.6. The van der Waals surface area contributed by atoms with Gasteiger partial charge in [0.15, 0.2) is 5.96 Å². The number of aliphatic imine (C=N–C) groups is 1. The fourth-order valence-electron chi connectivity index (χ4n) is 2.24. The number of hydrogen-bond acceptors (Lipinski definition) is 4. The largest absolute Gasteiger partial charge is 0.355 e. The summed E-state index contributed by atoms with van der Waals surface area (Å²) in [4.78, 5) is 10.1. The summed E-state index contributed by atoms with van der Waals surface area (Å²) in [5, 5.41) is 7.90. The van der Waals surface area contributed by atoms with Crippen molar-refractivity contribution in [1.29, 1.82) is 0 Å². The molecule has 0 spiro atoms. The molecule has 0 bridgehead atoms. The highest BCUT2D eigenvalue weighted by molar-refractivity contribution is 8.00. The molecular weight excluding hydrogens is 288 g/mol. The second-order valence-corrected chi connectivity index (χ2v) is 8.40. The van der Waals surface area contributed by atoms with Crippen molar-refractivity contribution in [3.63, 3.8) is 0 Å². The molecule has 1 unspecified atom stereocenters. The van der Waals surface area contributed by atoms with Crippen molar-refractivity contribution in [3.8, 4) is 0 Å². The van der Waals surface area contributed by atoms with Gasteiger partial charge in [-0.3, -0.25) is 4.99 Å². The minimum absolute atomic E-state index is 0.353. The van der Waals surface area contributed by atoms with Gasteiger partial charge in [0.05, 0.1) is 12.2 Å². The van der Waals surface area contributed by atoms with Crippen molar-refractivity contribution in [2.45, 2.75) is 44.9 Å². The van der Waals surface area contributed by atoms with E-state index in [1.54, 1.807) is 11.3 Å². The van der Waals surface area contributed by atoms with Crippen LogP contribution in [0.5, 0.6) is 0 Å².